The molecule has 2 heterocycles. The van der Waals surface area contributed by atoms with Gasteiger partial charge in [-0.3, -0.25) is 9.59 Å². The fourth-order valence-corrected chi connectivity index (χ4v) is 6.86. The van der Waals surface area contributed by atoms with Crippen molar-refractivity contribution in [3.05, 3.63) is 83.2 Å². The Bertz CT molecular complexity index is 1280. The monoisotopic (exact) mass is 487 g/mol. The Morgan fingerprint density at radius 3 is 2.27 bits per heavy atom. The van der Waals surface area contributed by atoms with Gasteiger partial charge in [-0.2, -0.15) is 4.31 Å². The van der Waals surface area contributed by atoms with Gasteiger partial charge >= 0.3 is 0 Å². The van der Waals surface area contributed by atoms with Crippen molar-refractivity contribution in [2.75, 3.05) is 18.4 Å². The molecule has 10 heteroatoms. The third-order valence-electron chi connectivity index (χ3n) is 5.64. The van der Waals surface area contributed by atoms with Crippen LogP contribution in [-0.4, -0.2) is 37.6 Å². The zero-order chi connectivity index (χ0) is 23.6. The van der Waals surface area contributed by atoms with E-state index in [0.29, 0.717) is 25.9 Å². The molecule has 1 fully saturated rings. The van der Waals surface area contributed by atoms with Gasteiger partial charge in [-0.1, -0.05) is 42.5 Å². The number of amides is 2. The van der Waals surface area contributed by atoms with Gasteiger partial charge in [0.05, 0.1) is 11.1 Å². The number of piperidine rings is 1. The minimum absolute atomic E-state index is 0.0338. The average molecular weight is 488 g/mol. The van der Waals surface area contributed by atoms with Crippen LogP contribution in [0.4, 0.5) is 9.39 Å². The highest BCUT2D eigenvalue weighted by Gasteiger charge is 2.33. The molecule has 3 aromatic rings. The number of primary amides is 1. The van der Waals surface area contributed by atoms with Crippen molar-refractivity contribution in [3.63, 3.8) is 0 Å². The van der Waals surface area contributed by atoms with Gasteiger partial charge in [0.15, 0.2) is 0 Å². The number of carbonyl (C=O) groups is 2. The van der Waals surface area contributed by atoms with Crippen molar-refractivity contribution >= 4 is 38.2 Å². The van der Waals surface area contributed by atoms with E-state index in [0.717, 1.165) is 17.4 Å². The van der Waals surface area contributed by atoms with Crippen LogP contribution in [0.3, 0.4) is 0 Å². The maximum absolute atomic E-state index is 13.9. The lowest BCUT2D eigenvalue weighted by Gasteiger charge is -2.31. The van der Waals surface area contributed by atoms with Crippen LogP contribution in [0.1, 0.15) is 45.0 Å². The Kier molecular flexibility index (Phi) is 6.59. The summed E-state index contributed by atoms with van der Waals surface area (Å²) in [5.74, 6) is -2.15. The number of halogens is 1. The number of nitrogens with zero attached hydrogens (tertiary/aromatic N) is 1. The smallest absolute Gasteiger partial charge is 0.259 e. The minimum atomic E-state index is -3.89. The van der Waals surface area contributed by atoms with Gasteiger partial charge in [0, 0.05) is 13.1 Å². The number of thiophene rings is 1. The van der Waals surface area contributed by atoms with Crippen LogP contribution >= 0.6 is 11.3 Å². The van der Waals surface area contributed by atoms with Crippen molar-refractivity contribution in [2.24, 2.45) is 5.73 Å². The second-order valence-corrected chi connectivity index (χ2v) is 10.9. The molecule has 2 aromatic carbocycles. The molecule has 1 saturated heterocycles. The molecular formula is C23H22FN3O4S2. The van der Waals surface area contributed by atoms with E-state index in [-0.39, 0.29) is 26.3 Å². The van der Waals surface area contributed by atoms with Gasteiger partial charge in [-0.25, -0.2) is 12.8 Å². The van der Waals surface area contributed by atoms with E-state index in [1.807, 2.05) is 30.3 Å². The molecule has 1 aliphatic heterocycles. The van der Waals surface area contributed by atoms with E-state index in [9.17, 15) is 22.4 Å². The van der Waals surface area contributed by atoms with Crippen LogP contribution in [-0.2, 0) is 10.0 Å². The molecule has 4 rings (SSSR count). The Morgan fingerprint density at radius 1 is 1.00 bits per heavy atom. The van der Waals surface area contributed by atoms with E-state index < -0.39 is 27.7 Å². The average Bonchev–Trinajstić information content (AvgIpc) is 3.25. The van der Waals surface area contributed by atoms with Crippen LogP contribution in [0, 0.1) is 5.82 Å². The predicted octanol–water partition coefficient (Wildman–Crippen LogP) is 3.81. The third kappa shape index (κ3) is 4.82. The molecule has 1 aliphatic rings. The Balaban J connectivity index is 1.54. The van der Waals surface area contributed by atoms with Crippen molar-refractivity contribution < 1.29 is 22.4 Å². The van der Waals surface area contributed by atoms with Gasteiger partial charge in [0.1, 0.15) is 15.0 Å². The molecule has 7 nitrogen and oxygen atoms in total. The number of sulfonamides is 1. The third-order valence-corrected chi connectivity index (χ3v) is 9.04. The molecule has 0 bridgehead atoms. The molecule has 33 heavy (non-hydrogen) atoms. The lowest BCUT2D eigenvalue weighted by atomic mass is 9.90. The molecule has 0 aliphatic carbocycles. The molecule has 1 aromatic heterocycles. The lowest BCUT2D eigenvalue weighted by Crippen LogP contribution is -2.37. The summed E-state index contributed by atoms with van der Waals surface area (Å²) >= 11 is 0.730. The summed E-state index contributed by atoms with van der Waals surface area (Å²) in [6, 6.07) is 16.5. The van der Waals surface area contributed by atoms with E-state index in [1.54, 1.807) is 0 Å². The van der Waals surface area contributed by atoms with E-state index >= 15 is 0 Å². The van der Waals surface area contributed by atoms with Crippen molar-refractivity contribution in [3.8, 4) is 0 Å². The van der Waals surface area contributed by atoms with Crippen LogP contribution in [0.5, 0.6) is 0 Å². The van der Waals surface area contributed by atoms with Gasteiger partial charge < -0.3 is 11.1 Å². The quantitative estimate of drug-likeness (QED) is 0.551. The second-order valence-electron chi connectivity index (χ2n) is 7.70. The molecular weight excluding hydrogens is 465 g/mol. The summed E-state index contributed by atoms with van der Waals surface area (Å²) in [5, 5.41) is 2.39. The Morgan fingerprint density at radius 2 is 1.64 bits per heavy atom. The first kappa shape index (κ1) is 23.1. The molecule has 0 radical (unpaired) electrons. The van der Waals surface area contributed by atoms with Gasteiger partial charge in [-0.15, -0.1) is 11.3 Å². The summed E-state index contributed by atoms with van der Waals surface area (Å²) < 4.78 is 41.7. The first-order chi connectivity index (χ1) is 15.8. The summed E-state index contributed by atoms with van der Waals surface area (Å²) in [6.45, 7) is 0.672. The molecule has 3 N–H and O–H groups in total. The highest BCUT2D eigenvalue weighted by atomic mass is 32.2. The fraction of sp³-hybridized carbons (Fsp3) is 0.217. The zero-order valence-electron chi connectivity index (χ0n) is 17.5. The van der Waals surface area contributed by atoms with E-state index in [1.165, 1.54) is 34.1 Å². The SMILES string of the molecule is NC(=O)c1cc(S(=O)(=O)N2CCC(c3ccccc3)CC2)sc1NC(=O)c1ccccc1F. The van der Waals surface area contributed by atoms with Crippen LogP contribution in [0.2, 0.25) is 0 Å². The van der Waals surface area contributed by atoms with Gasteiger partial charge in [-0.05, 0) is 42.5 Å². The van der Waals surface area contributed by atoms with Crippen molar-refractivity contribution in [2.45, 2.75) is 23.0 Å². The van der Waals surface area contributed by atoms with E-state index in [4.69, 9.17) is 5.73 Å². The largest absolute Gasteiger partial charge is 0.366 e. The van der Waals surface area contributed by atoms with Crippen LogP contribution < -0.4 is 11.1 Å². The highest BCUT2D eigenvalue weighted by Crippen LogP contribution is 2.36. The lowest BCUT2D eigenvalue weighted by molar-refractivity contribution is 0.100. The molecule has 0 atom stereocenters. The molecule has 172 valence electrons. The number of carbonyl (C=O) groups excluding carboxylic acids is 2. The normalized spacial score (nSPS) is 15.3. The molecule has 2 amide bonds. The maximum atomic E-state index is 13.9. The Labute approximate surface area is 195 Å². The maximum Gasteiger partial charge on any atom is 0.259 e. The zero-order valence-corrected chi connectivity index (χ0v) is 19.2. The molecule has 0 spiro atoms. The minimum Gasteiger partial charge on any atom is -0.366 e. The number of anilines is 1. The number of nitrogens with one attached hydrogen (secondary N) is 1. The van der Waals surface area contributed by atoms with Crippen molar-refractivity contribution in [1.29, 1.82) is 0 Å². The van der Waals surface area contributed by atoms with Crippen LogP contribution in [0.25, 0.3) is 0 Å². The molecule has 0 unspecified atom stereocenters. The van der Waals surface area contributed by atoms with Crippen molar-refractivity contribution in [1.82, 2.24) is 4.31 Å². The summed E-state index contributed by atoms with van der Waals surface area (Å²) in [6.07, 6.45) is 1.35. The number of hydrogen-bond donors (Lipinski definition) is 2. The fourth-order valence-electron chi connectivity index (χ4n) is 3.87. The van der Waals surface area contributed by atoms with Gasteiger partial charge in [0.2, 0.25) is 0 Å². The first-order valence-electron chi connectivity index (χ1n) is 10.3. The van der Waals surface area contributed by atoms with Gasteiger partial charge in [0.25, 0.3) is 21.8 Å². The topological polar surface area (TPSA) is 110 Å². The summed E-state index contributed by atoms with van der Waals surface area (Å²) in [5.41, 5.74) is 6.23. The highest BCUT2D eigenvalue weighted by molar-refractivity contribution is 7.91. The predicted molar refractivity (Wildman–Crippen MR) is 124 cm³/mol. The molecule has 0 saturated carbocycles. The Hall–Kier alpha value is -3.08. The number of rotatable bonds is 6. The standard InChI is InChI=1S/C23H22FN3O4S2/c24-19-9-5-4-8-17(19)22(29)26-23-18(21(25)28)14-20(32-23)33(30,31)27-12-10-16(11-13-27)15-6-2-1-3-7-15/h1-9,14,16H,10-13H2,(H2,25,28)(H,26,29). The van der Waals surface area contributed by atoms with Crippen LogP contribution in [0.15, 0.2) is 64.9 Å². The number of hydrogen-bond acceptors (Lipinski definition) is 5. The first-order valence-corrected chi connectivity index (χ1v) is 12.6. The summed E-state index contributed by atoms with van der Waals surface area (Å²) in [4.78, 5) is 24.4. The number of nitrogens with two attached hydrogens (primary N) is 1. The summed E-state index contributed by atoms with van der Waals surface area (Å²) in [7, 11) is -3.89. The number of benzene rings is 2. The van der Waals surface area contributed by atoms with E-state index in [2.05, 4.69) is 5.32 Å². The second kappa shape index (κ2) is 9.42.